The number of amides is 1. The molecule has 0 fully saturated rings. The molecule has 0 heterocycles. The van der Waals surface area contributed by atoms with E-state index in [1.54, 1.807) is 37.4 Å². The number of benzene rings is 2. The van der Waals surface area contributed by atoms with Crippen LogP contribution >= 0.6 is 11.6 Å². The maximum Gasteiger partial charge on any atom is 0.243 e. The minimum absolute atomic E-state index is 0.136. The number of hydrogen-bond donors (Lipinski definition) is 2. The fraction of sp³-hybridized carbons (Fsp3) is 0.188. The van der Waals surface area contributed by atoms with Crippen molar-refractivity contribution in [2.75, 3.05) is 31.4 Å². The van der Waals surface area contributed by atoms with Gasteiger partial charge in [0.2, 0.25) is 5.91 Å². The van der Waals surface area contributed by atoms with Crippen LogP contribution in [0.25, 0.3) is 0 Å². The van der Waals surface area contributed by atoms with Crippen molar-refractivity contribution in [3.05, 3.63) is 47.5 Å². The Morgan fingerprint density at radius 2 is 1.82 bits per heavy atom. The number of carbonyl (C=O) groups is 1. The Bertz CT molecular complexity index is 644. The normalized spacial score (nSPS) is 9.95. The molecule has 116 valence electrons. The zero-order valence-electron chi connectivity index (χ0n) is 12.4. The van der Waals surface area contributed by atoms with Crippen LogP contribution < -0.4 is 20.1 Å². The summed E-state index contributed by atoms with van der Waals surface area (Å²) in [7, 11) is 3.11. The average molecular weight is 321 g/mol. The summed E-state index contributed by atoms with van der Waals surface area (Å²) in [6, 6.07) is 12.3. The van der Waals surface area contributed by atoms with Crippen LogP contribution in [0.2, 0.25) is 5.02 Å². The molecule has 2 aromatic rings. The maximum atomic E-state index is 12.0. The van der Waals surface area contributed by atoms with Gasteiger partial charge in [-0.05, 0) is 36.4 Å². The van der Waals surface area contributed by atoms with E-state index in [1.165, 1.54) is 7.11 Å². The van der Waals surface area contributed by atoms with Crippen LogP contribution in [-0.4, -0.2) is 26.7 Å². The van der Waals surface area contributed by atoms with Crippen molar-refractivity contribution in [1.29, 1.82) is 0 Å². The Labute approximate surface area is 134 Å². The Morgan fingerprint density at radius 1 is 1.09 bits per heavy atom. The number of rotatable bonds is 6. The molecule has 5 nitrogen and oxygen atoms in total. The molecule has 0 spiro atoms. The van der Waals surface area contributed by atoms with Crippen molar-refractivity contribution < 1.29 is 14.3 Å². The number of anilines is 2. The van der Waals surface area contributed by atoms with E-state index in [-0.39, 0.29) is 12.5 Å². The van der Waals surface area contributed by atoms with Gasteiger partial charge >= 0.3 is 0 Å². The average Bonchev–Trinajstić information content (AvgIpc) is 2.54. The molecule has 2 rings (SSSR count). The van der Waals surface area contributed by atoms with Crippen molar-refractivity contribution in [1.82, 2.24) is 0 Å². The maximum absolute atomic E-state index is 12.0. The first-order chi connectivity index (χ1) is 10.6. The van der Waals surface area contributed by atoms with Gasteiger partial charge in [0.1, 0.15) is 11.5 Å². The summed E-state index contributed by atoms with van der Waals surface area (Å²) >= 11 is 5.81. The summed E-state index contributed by atoms with van der Waals surface area (Å²) in [5.41, 5.74) is 1.41. The van der Waals surface area contributed by atoms with Gasteiger partial charge in [-0.3, -0.25) is 4.79 Å². The Hall–Kier alpha value is -2.40. The number of hydrogen-bond acceptors (Lipinski definition) is 4. The molecule has 0 saturated carbocycles. The van der Waals surface area contributed by atoms with Gasteiger partial charge in [0.25, 0.3) is 0 Å². The molecule has 2 aromatic carbocycles. The lowest BCUT2D eigenvalue weighted by Crippen LogP contribution is -2.22. The standard InChI is InChI=1S/C16H17ClN2O3/c1-21-13-7-8-14(15(9-13)22-2)19-16(20)10-18-12-5-3-11(17)4-6-12/h3-9,18H,10H2,1-2H3,(H,19,20). The molecule has 0 aromatic heterocycles. The van der Waals surface area contributed by atoms with Gasteiger partial charge in [-0.15, -0.1) is 0 Å². The second-order valence-electron chi connectivity index (χ2n) is 4.47. The van der Waals surface area contributed by atoms with Gasteiger partial charge in [0.05, 0.1) is 26.5 Å². The number of carbonyl (C=O) groups excluding carboxylic acids is 1. The van der Waals surface area contributed by atoms with E-state index in [0.717, 1.165) is 5.69 Å². The number of nitrogens with one attached hydrogen (secondary N) is 2. The monoisotopic (exact) mass is 320 g/mol. The first-order valence-electron chi connectivity index (χ1n) is 6.63. The van der Waals surface area contributed by atoms with Crippen molar-refractivity contribution in [3.8, 4) is 11.5 Å². The van der Waals surface area contributed by atoms with Crippen LogP contribution in [0.5, 0.6) is 11.5 Å². The first kappa shape index (κ1) is 16.0. The molecule has 0 atom stereocenters. The second-order valence-corrected chi connectivity index (χ2v) is 4.91. The summed E-state index contributed by atoms with van der Waals surface area (Å²) < 4.78 is 10.4. The van der Waals surface area contributed by atoms with Crippen LogP contribution in [-0.2, 0) is 4.79 Å². The quantitative estimate of drug-likeness (QED) is 0.856. The summed E-state index contributed by atoms with van der Waals surface area (Å²) in [5, 5.41) is 6.45. The van der Waals surface area contributed by atoms with Gasteiger partial charge in [0, 0.05) is 16.8 Å². The first-order valence-corrected chi connectivity index (χ1v) is 7.01. The summed E-state index contributed by atoms with van der Waals surface area (Å²) in [6.07, 6.45) is 0. The summed E-state index contributed by atoms with van der Waals surface area (Å²) in [5.74, 6) is 1.02. The Balaban J connectivity index is 1.95. The van der Waals surface area contributed by atoms with E-state index in [2.05, 4.69) is 10.6 Å². The molecule has 0 bridgehead atoms. The van der Waals surface area contributed by atoms with Crippen molar-refractivity contribution >= 4 is 28.9 Å². The van der Waals surface area contributed by atoms with Crippen LogP contribution in [0, 0.1) is 0 Å². The lowest BCUT2D eigenvalue weighted by molar-refractivity contribution is -0.114. The largest absolute Gasteiger partial charge is 0.497 e. The molecular formula is C16H17ClN2O3. The Morgan fingerprint density at radius 3 is 2.45 bits per heavy atom. The highest BCUT2D eigenvalue weighted by Crippen LogP contribution is 2.28. The van der Waals surface area contributed by atoms with Crippen LogP contribution in [0.4, 0.5) is 11.4 Å². The second kappa shape index (κ2) is 7.56. The molecule has 0 saturated heterocycles. The summed E-state index contributed by atoms with van der Waals surface area (Å²) in [4.78, 5) is 12.0. The topological polar surface area (TPSA) is 59.6 Å². The predicted octanol–water partition coefficient (Wildman–Crippen LogP) is 3.41. The molecule has 6 heteroatoms. The third-order valence-electron chi connectivity index (χ3n) is 2.98. The van der Waals surface area contributed by atoms with Gasteiger partial charge in [-0.25, -0.2) is 0 Å². The third-order valence-corrected chi connectivity index (χ3v) is 3.23. The van der Waals surface area contributed by atoms with E-state index < -0.39 is 0 Å². The molecule has 2 N–H and O–H groups in total. The lowest BCUT2D eigenvalue weighted by atomic mass is 10.2. The number of halogens is 1. The highest BCUT2D eigenvalue weighted by Gasteiger charge is 2.08. The SMILES string of the molecule is COc1ccc(NC(=O)CNc2ccc(Cl)cc2)c(OC)c1. The molecule has 0 unspecified atom stereocenters. The zero-order valence-corrected chi connectivity index (χ0v) is 13.1. The van der Waals surface area contributed by atoms with Crippen LogP contribution in [0.15, 0.2) is 42.5 Å². The lowest BCUT2D eigenvalue weighted by Gasteiger charge is -2.12. The molecule has 1 amide bonds. The predicted molar refractivity (Wildman–Crippen MR) is 88.1 cm³/mol. The molecule has 0 radical (unpaired) electrons. The number of methoxy groups -OCH3 is 2. The van der Waals surface area contributed by atoms with Gasteiger partial charge in [0.15, 0.2) is 0 Å². The van der Waals surface area contributed by atoms with Gasteiger partial charge < -0.3 is 20.1 Å². The molecule has 0 aliphatic carbocycles. The highest BCUT2D eigenvalue weighted by molar-refractivity contribution is 6.30. The van der Waals surface area contributed by atoms with Gasteiger partial charge in [-0.2, -0.15) is 0 Å². The molecular weight excluding hydrogens is 304 g/mol. The van der Waals surface area contributed by atoms with Crippen molar-refractivity contribution in [2.24, 2.45) is 0 Å². The fourth-order valence-corrected chi connectivity index (χ4v) is 1.97. The van der Waals surface area contributed by atoms with Gasteiger partial charge in [-0.1, -0.05) is 11.6 Å². The minimum Gasteiger partial charge on any atom is -0.497 e. The molecule has 0 aliphatic rings. The van der Waals surface area contributed by atoms with E-state index in [0.29, 0.717) is 22.2 Å². The molecule has 0 aliphatic heterocycles. The highest BCUT2D eigenvalue weighted by atomic mass is 35.5. The fourth-order valence-electron chi connectivity index (χ4n) is 1.85. The van der Waals surface area contributed by atoms with Crippen LogP contribution in [0.3, 0.4) is 0 Å². The summed E-state index contributed by atoms with van der Waals surface area (Å²) in [6.45, 7) is 0.136. The van der Waals surface area contributed by atoms with Crippen molar-refractivity contribution in [2.45, 2.75) is 0 Å². The third kappa shape index (κ3) is 4.30. The van der Waals surface area contributed by atoms with Crippen LogP contribution in [0.1, 0.15) is 0 Å². The van der Waals surface area contributed by atoms with E-state index >= 15 is 0 Å². The Kier molecular flexibility index (Phi) is 5.49. The van der Waals surface area contributed by atoms with E-state index in [4.69, 9.17) is 21.1 Å². The minimum atomic E-state index is -0.182. The zero-order chi connectivity index (χ0) is 15.9. The smallest absolute Gasteiger partial charge is 0.243 e. The van der Waals surface area contributed by atoms with E-state index in [1.807, 2.05) is 12.1 Å². The number of ether oxygens (including phenoxy) is 2. The van der Waals surface area contributed by atoms with E-state index in [9.17, 15) is 4.79 Å². The molecule has 22 heavy (non-hydrogen) atoms. The van der Waals surface area contributed by atoms with Crippen molar-refractivity contribution in [3.63, 3.8) is 0 Å².